The van der Waals surface area contributed by atoms with Crippen LogP contribution in [0.25, 0.3) is 11.1 Å². The van der Waals surface area contributed by atoms with E-state index in [1.807, 2.05) is 57.4 Å². The Kier molecular flexibility index (Phi) is 4.73. The molecule has 3 heteroatoms. The van der Waals surface area contributed by atoms with Crippen molar-refractivity contribution in [3.63, 3.8) is 0 Å². The zero-order chi connectivity index (χ0) is 12.0. The Labute approximate surface area is 96.4 Å². The second-order valence-corrected chi connectivity index (χ2v) is 3.19. The molecule has 0 saturated heterocycles. The third kappa shape index (κ3) is 2.70. The highest BCUT2D eigenvalue weighted by Gasteiger charge is 2.07. The zero-order valence-electron chi connectivity index (χ0n) is 10.0. The standard InChI is InChI=1S/C11H12N2O.C2H6/c1-13-7-10(11(8-14)12-13)9-5-3-2-4-6-9;1-2/h2-7,14H,8H2,1H3;1-2H3. The van der Waals surface area contributed by atoms with Gasteiger partial charge >= 0.3 is 0 Å². The Morgan fingerprint density at radius 3 is 2.38 bits per heavy atom. The largest absolute Gasteiger partial charge is 0.390 e. The van der Waals surface area contributed by atoms with E-state index in [9.17, 15) is 0 Å². The van der Waals surface area contributed by atoms with Gasteiger partial charge in [-0.1, -0.05) is 44.2 Å². The molecule has 1 N–H and O–H groups in total. The highest BCUT2D eigenvalue weighted by atomic mass is 16.3. The summed E-state index contributed by atoms with van der Waals surface area (Å²) in [4.78, 5) is 0. The van der Waals surface area contributed by atoms with Crippen LogP contribution in [-0.2, 0) is 13.7 Å². The summed E-state index contributed by atoms with van der Waals surface area (Å²) in [6, 6.07) is 9.94. The van der Waals surface area contributed by atoms with Gasteiger partial charge in [-0.05, 0) is 5.56 Å². The molecule has 1 aromatic carbocycles. The molecule has 86 valence electrons. The number of aliphatic hydroxyl groups is 1. The first kappa shape index (κ1) is 12.5. The minimum Gasteiger partial charge on any atom is -0.390 e. The molecule has 0 amide bonds. The van der Waals surface area contributed by atoms with E-state index in [-0.39, 0.29) is 6.61 Å². The third-order valence-corrected chi connectivity index (χ3v) is 2.14. The number of aliphatic hydroxyl groups excluding tert-OH is 1. The van der Waals surface area contributed by atoms with Gasteiger partial charge in [0.25, 0.3) is 0 Å². The van der Waals surface area contributed by atoms with E-state index >= 15 is 0 Å². The summed E-state index contributed by atoms with van der Waals surface area (Å²) >= 11 is 0. The summed E-state index contributed by atoms with van der Waals surface area (Å²) in [7, 11) is 1.85. The molecule has 0 aliphatic rings. The van der Waals surface area contributed by atoms with Crippen LogP contribution in [-0.4, -0.2) is 14.9 Å². The molecule has 0 unspecified atom stereocenters. The van der Waals surface area contributed by atoms with Crippen LogP contribution in [0, 0.1) is 0 Å². The van der Waals surface area contributed by atoms with Crippen LogP contribution < -0.4 is 0 Å². The zero-order valence-corrected chi connectivity index (χ0v) is 10.0. The lowest BCUT2D eigenvalue weighted by molar-refractivity contribution is 0.276. The maximum absolute atomic E-state index is 9.12. The molecule has 2 rings (SSSR count). The lowest BCUT2D eigenvalue weighted by atomic mass is 10.1. The molecule has 0 spiro atoms. The normalized spacial score (nSPS) is 9.50. The molecular weight excluding hydrogens is 200 g/mol. The first-order chi connectivity index (χ1) is 7.81. The molecule has 1 heterocycles. The highest BCUT2D eigenvalue weighted by molar-refractivity contribution is 5.64. The quantitative estimate of drug-likeness (QED) is 0.841. The van der Waals surface area contributed by atoms with Crippen molar-refractivity contribution in [3.05, 3.63) is 42.2 Å². The topological polar surface area (TPSA) is 38.0 Å². The number of hydrogen-bond acceptors (Lipinski definition) is 2. The first-order valence-electron chi connectivity index (χ1n) is 5.50. The first-order valence-corrected chi connectivity index (χ1v) is 5.50. The molecule has 3 nitrogen and oxygen atoms in total. The van der Waals surface area contributed by atoms with E-state index in [1.165, 1.54) is 0 Å². The van der Waals surface area contributed by atoms with Gasteiger partial charge in [0.1, 0.15) is 0 Å². The molecule has 2 aromatic rings. The molecule has 0 bridgehead atoms. The third-order valence-electron chi connectivity index (χ3n) is 2.14. The number of benzene rings is 1. The van der Waals surface area contributed by atoms with E-state index in [0.29, 0.717) is 0 Å². The number of rotatable bonds is 2. The lowest BCUT2D eigenvalue weighted by Gasteiger charge is -1.98. The molecule has 1 aromatic heterocycles. The summed E-state index contributed by atoms with van der Waals surface area (Å²) in [5.74, 6) is 0. The summed E-state index contributed by atoms with van der Waals surface area (Å²) in [6.45, 7) is 3.98. The van der Waals surface area contributed by atoms with Crippen LogP contribution >= 0.6 is 0 Å². The second kappa shape index (κ2) is 6.08. The summed E-state index contributed by atoms with van der Waals surface area (Å²) in [5, 5.41) is 13.3. The van der Waals surface area contributed by atoms with Crippen LogP contribution in [0.15, 0.2) is 36.5 Å². The molecule has 0 radical (unpaired) electrons. The Balaban J connectivity index is 0.000000606. The summed E-state index contributed by atoms with van der Waals surface area (Å²) in [5.41, 5.74) is 2.80. The summed E-state index contributed by atoms with van der Waals surface area (Å²) < 4.78 is 1.72. The van der Waals surface area contributed by atoms with E-state index < -0.39 is 0 Å². The molecule has 0 fully saturated rings. The monoisotopic (exact) mass is 218 g/mol. The van der Waals surface area contributed by atoms with Crippen molar-refractivity contribution >= 4 is 0 Å². The van der Waals surface area contributed by atoms with Gasteiger partial charge in [-0.15, -0.1) is 0 Å². The van der Waals surface area contributed by atoms with Crippen LogP contribution in [0.1, 0.15) is 19.5 Å². The molecule has 0 aliphatic carbocycles. The van der Waals surface area contributed by atoms with Crippen molar-refractivity contribution in [2.24, 2.45) is 7.05 Å². The maximum atomic E-state index is 9.12. The molecule has 16 heavy (non-hydrogen) atoms. The van der Waals surface area contributed by atoms with Gasteiger partial charge in [0.2, 0.25) is 0 Å². The van der Waals surface area contributed by atoms with Crippen molar-refractivity contribution in [1.29, 1.82) is 0 Å². The minimum atomic E-state index is -0.0228. The van der Waals surface area contributed by atoms with Gasteiger partial charge in [0, 0.05) is 18.8 Å². The minimum absolute atomic E-state index is 0.0228. The summed E-state index contributed by atoms with van der Waals surface area (Å²) in [6.07, 6.45) is 1.92. The lowest BCUT2D eigenvalue weighted by Crippen LogP contribution is -1.90. The molecular formula is C13H18N2O. The average Bonchev–Trinajstić information content (AvgIpc) is 2.74. The fourth-order valence-electron chi connectivity index (χ4n) is 1.51. The number of aryl methyl sites for hydroxylation is 1. The van der Waals surface area contributed by atoms with E-state index in [0.717, 1.165) is 16.8 Å². The van der Waals surface area contributed by atoms with Crippen LogP contribution in [0.5, 0.6) is 0 Å². The predicted octanol–water partition coefficient (Wildman–Crippen LogP) is 2.61. The molecule has 0 aliphatic heterocycles. The van der Waals surface area contributed by atoms with Gasteiger partial charge in [0.05, 0.1) is 12.3 Å². The molecule has 0 atom stereocenters. The Morgan fingerprint density at radius 1 is 1.19 bits per heavy atom. The average molecular weight is 218 g/mol. The SMILES string of the molecule is CC.Cn1cc(-c2ccccc2)c(CO)n1. The van der Waals surface area contributed by atoms with Gasteiger partial charge in [0.15, 0.2) is 0 Å². The van der Waals surface area contributed by atoms with E-state index in [4.69, 9.17) is 5.11 Å². The Hall–Kier alpha value is -1.61. The number of hydrogen-bond donors (Lipinski definition) is 1. The van der Waals surface area contributed by atoms with Crippen LogP contribution in [0.2, 0.25) is 0 Å². The fourth-order valence-corrected chi connectivity index (χ4v) is 1.51. The Bertz CT molecular complexity index is 421. The van der Waals surface area contributed by atoms with Crippen molar-refractivity contribution in [2.75, 3.05) is 0 Å². The second-order valence-electron chi connectivity index (χ2n) is 3.19. The van der Waals surface area contributed by atoms with Crippen LogP contribution in [0.4, 0.5) is 0 Å². The smallest absolute Gasteiger partial charge is 0.0957 e. The fraction of sp³-hybridized carbons (Fsp3) is 0.308. The van der Waals surface area contributed by atoms with Crippen molar-refractivity contribution < 1.29 is 5.11 Å². The van der Waals surface area contributed by atoms with Gasteiger partial charge < -0.3 is 5.11 Å². The van der Waals surface area contributed by atoms with E-state index in [1.54, 1.807) is 4.68 Å². The molecule has 0 saturated carbocycles. The van der Waals surface area contributed by atoms with Crippen molar-refractivity contribution in [2.45, 2.75) is 20.5 Å². The van der Waals surface area contributed by atoms with Crippen molar-refractivity contribution in [1.82, 2.24) is 9.78 Å². The highest BCUT2D eigenvalue weighted by Crippen LogP contribution is 2.21. The van der Waals surface area contributed by atoms with E-state index in [2.05, 4.69) is 5.10 Å². The van der Waals surface area contributed by atoms with Gasteiger partial charge in [-0.25, -0.2) is 0 Å². The Morgan fingerprint density at radius 2 is 1.81 bits per heavy atom. The van der Waals surface area contributed by atoms with Crippen molar-refractivity contribution in [3.8, 4) is 11.1 Å². The van der Waals surface area contributed by atoms with Gasteiger partial charge in [-0.3, -0.25) is 4.68 Å². The van der Waals surface area contributed by atoms with Gasteiger partial charge in [-0.2, -0.15) is 5.10 Å². The maximum Gasteiger partial charge on any atom is 0.0957 e. The number of nitrogens with zero attached hydrogens (tertiary/aromatic N) is 2. The number of aromatic nitrogens is 2. The predicted molar refractivity (Wildman–Crippen MR) is 65.9 cm³/mol. The van der Waals surface area contributed by atoms with Crippen LogP contribution in [0.3, 0.4) is 0 Å².